The van der Waals surface area contributed by atoms with Gasteiger partial charge in [0.25, 0.3) is 11.8 Å². The van der Waals surface area contributed by atoms with Crippen LogP contribution >= 0.6 is 15.9 Å². The van der Waals surface area contributed by atoms with Crippen molar-refractivity contribution in [2.45, 2.75) is 6.92 Å². The van der Waals surface area contributed by atoms with Gasteiger partial charge in [-0.3, -0.25) is 20.4 Å². The molecule has 3 N–H and O–H groups in total. The predicted molar refractivity (Wildman–Crippen MR) is 76.4 cm³/mol. The number of H-pyrrole nitrogens is 1. The highest BCUT2D eigenvalue weighted by molar-refractivity contribution is 9.10. The number of carbonyl (C=O) groups is 2. The van der Waals surface area contributed by atoms with Gasteiger partial charge < -0.3 is 4.74 Å². The van der Waals surface area contributed by atoms with E-state index in [0.717, 1.165) is 4.47 Å². The molecule has 2 amide bonds. The van der Waals surface area contributed by atoms with E-state index in [1.807, 2.05) is 0 Å². The normalized spacial score (nSPS) is 10.0. The van der Waals surface area contributed by atoms with Crippen molar-refractivity contribution in [2.75, 3.05) is 6.61 Å². The number of hydrogen-bond donors (Lipinski definition) is 3. The van der Waals surface area contributed by atoms with Gasteiger partial charge in [-0.15, -0.1) is 0 Å². The van der Waals surface area contributed by atoms with E-state index in [0.29, 0.717) is 11.4 Å². The summed E-state index contributed by atoms with van der Waals surface area (Å²) in [5, 5.41) is 9.69. The van der Waals surface area contributed by atoms with E-state index in [9.17, 15) is 9.59 Å². The maximum atomic E-state index is 11.6. The Hall–Kier alpha value is -2.42. The zero-order chi connectivity index (χ0) is 15.2. The van der Waals surface area contributed by atoms with Gasteiger partial charge in [0, 0.05) is 4.47 Å². The first-order valence-electron chi connectivity index (χ1n) is 5.91. The molecule has 8 nitrogen and oxygen atoms in total. The number of aryl methyl sites for hydroxylation is 1. The maximum Gasteiger partial charge on any atom is 0.292 e. The van der Waals surface area contributed by atoms with Gasteiger partial charge in [0.2, 0.25) is 0 Å². The third-order valence-corrected chi connectivity index (χ3v) is 2.96. The second-order valence-electron chi connectivity index (χ2n) is 4.00. The van der Waals surface area contributed by atoms with Crippen molar-refractivity contribution in [3.63, 3.8) is 0 Å². The van der Waals surface area contributed by atoms with Crippen LogP contribution in [0, 0.1) is 6.92 Å². The van der Waals surface area contributed by atoms with Crippen molar-refractivity contribution in [2.24, 2.45) is 0 Å². The number of hydrogen-bond acceptors (Lipinski definition) is 5. The van der Waals surface area contributed by atoms with E-state index in [2.05, 4.69) is 42.2 Å². The fourth-order valence-electron chi connectivity index (χ4n) is 1.40. The summed E-state index contributed by atoms with van der Waals surface area (Å²) in [5.74, 6) is -0.502. The number of aromatic amines is 1. The number of nitrogens with one attached hydrogen (secondary N) is 3. The lowest BCUT2D eigenvalue weighted by atomic mass is 10.3. The van der Waals surface area contributed by atoms with Gasteiger partial charge in [0.15, 0.2) is 12.3 Å². The Balaban J connectivity index is 1.76. The van der Waals surface area contributed by atoms with Crippen LogP contribution in [0.2, 0.25) is 0 Å². The summed E-state index contributed by atoms with van der Waals surface area (Å²) < 4.78 is 6.16. The minimum atomic E-state index is -0.557. The Morgan fingerprint density at radius 3 is 2.57 bits per heavy atom. The first kappa shape index (κ1) is 15.0. The number of carbonyl (C=O) groups excluding carboxylic acids is 2. The Kier molecular flexibility index (Phi) is 4.88. The fourth-order valence-corrected chi connectivity index (χ4v) is 1.66. The lowest BCUT2D eigenvalue weighted by Gasteiger charge is -2.08. The zero-order valence-electron chi connectivity index (χ0n) is 11.0. The Morgan fingerprint density at radius 2 is 1.95 bits per heavy atom. The van der Waals surface area contributed by atoms with Crippen LogP contribution in [0.15, 0.2) is 28.7 Å². The number of rotatable bonds is 4. The summed E-state index contributed by atoms with van der Waals surface area (Å²) in [6.45, 7) is 1.40. The highest BCUT2D eigenvalue weighted by atomic mass is 79.9. The van der Waals surface area contributed by atoms with Gasteiger partial charge >= 0.3 is 0 Å². The third-order valence-electron chi connectivity index (χ3n) is 2.44. The molecule has 0 radical (unpaired) electrons. The van der Waals surface area contributed by atoms with Crippen LogP contribution in [-0.2, 0) is 4.79 Å². The molecule has 0 saturated heterocycles. The lowest BCUT2D eigenvalue weighted by Crippen LogP contribution is -2.44. The molecule has 0 unspecified atom stereocenters. The molecule has 0 spiro atoms. The average Bonchev–Trinajstić information content (AvgIpc) is 2.90. The molecular weight excluding hydrogens is 342 g/mol. The van der Waals surface area contributed by atoms with E-state index >= 15 is 0 Å². The molecule has 9 heteroatoms. The molecule has 1 aromatic heterocycles. The van der Waals surface area contributed by atoms with Gasteiger partial charge in [-0.25, -0.2) is 0 Å². The van der Waals surface area contributed by atoms with Crippen LogP contribution in [0.25, 0.3) is 0 Å². The number of nitrogens with zero attached hydrogens (tertiary/aromatic N) is 2. The van der Waals surface area contributed by atoms with Gasteiger partial charge in [0.1, 0.15) is 5.75 Å². The highest BCUT2D eigenvalue weighted by Crippen LogP contribution is 2.15. The number of halogens is 1. The molecule has 110 valence electrons. The second-order valence-corrected chi connectivity index (χ2v) is 4.92. The quantitative estimate of drug-likeness (QED) is 0.701. The highest BCUT2D eigenvalue weighted by Gasteiger charge is 2.13. The van der Waals surface area contributed by atoms with Gasteiger partial charge in [0.05, 0.1) is 5.69 Å². The average molecular weight is 354 g/mol. The molecular formula is C12H12BrN5O3. The molecule has 21 heavy (non-hydrogen) atoms. The molecule has 0 bridgehead atoms. The fraction of sp³-hybridized carbons (Fsp3) is 0.167. The molecule has 0 aliphatic rings. The van der Waals surface area contributed by atoms with E-state index in [1.165, 1.54) is 0 Å². The smallest absolute Gasteiger partial charge is 0.292 e. The van der Waals surface area contributed by atoms with E-state index in [-0.39, 0.29) is 12.3 Å². The number of benzene rings is 1. The first-order valence-corrected chi connectivity index (χ1v) is 6.70. The predicted octanol–water partition coefficient (Wildman–Crippen LogP) is 0.716. The lowest BCUT2D eigenvalue weighted by molar-refractivity contribution is -0.123. The van der Waals surface area contributed by atoms with Crippen molar-refractivity contribution >= 4 is 27.7 Å². The molecule has 1 aromatic carbocycles. The molecule has 2 rings (SSSR count). The Bertz CT molecular complexity index is 641. The second kappa shape index (κ2) is 6.84. The molecule has 2 aromatic rings. The number of aromatic nitrogens is 3. The molecule has 0 fully saturated rings. The molecule has 0 atom stereocenters. The van der Waals surface area contributed by atoms with Gasteiger partial charge in [-0.05, 0) is 31.2 Å². The largest absolute Gasteiger partial charge is 0.484 e. The summed E-state index contributed by atoms with van der Waals surface area (Å²) in [6, 6.07) is 7.02. The van der Waals surface area contributed by atoms with Crippen molar-refractivity contribution in [3.8, 4) is 5.75 Å². The topological polar surface area (TPSA) is 109 Å². The van der Waals surface area contributed by atoms with E-state index in [4.69, 9.17) is 4.74 Å². The van der Waals surface area contributed by atoms with Crippen molar-refractivity contribution in [1.82, 2.24) is 26.3 Å². The van der Waals surface area contributed by atoms with Crippen LogP contribution in [0.5, 0.6) is 5.75 Å². The van der Waals surface area contributed by atoms with Crippen LogP contribution < -0.4 is 15.6 Å². The molecule has 1 heterocycles. The zero-order valence-corrected chi connectivity index (χ0v) is 12.6. The van der Waals surface area contributed by atoms with Crippen LogP contribution in [0.1, 0.15) is 16.2 Å². The van der Waals surface area contributed by atoms with Gasteiger partial charge in [-0.2, -0.15) is 15.4 Å². The molecule has 0 aliphatic carbocycles. The minimum absolute atomic E-state index is 0.115. The van der Waals surface area contributed by atoms with Crippen LogP contribution in [0.3, 0.4) is 0 Å². The summed E-state index contributed by atoms with van der Waals surface area (Å²) in [6.07, 6.45) is 0. The minimum Gasteiger partial charge on any atom is -0.484 e. The maximum absolute atomic E-state index is 11.6. The Labute approximate surface area is 128 Å². The summed E-state index contributed by atoms with van der Waals surface area (Å²) >= 11 is 3.30. The summed E-state index contributed by atoms with van der Waals surface area (Å²) in [7, 11) is 0. The number of amides is 2. The third kappa shape index (κ3) is 4.28. The molecule has 0 saturated carbocycles. The monoisotopic (exact) mass is 353 g/mol. The number of ether oxygens (including phenoxy) is 1. The summed E-state index contributed by atoms with van der Waals surface area (Å²) in [5.41, 5.74) is 5.00. The van der Waals surface area contributed by atoms with Crippen LogP contribution in [0.4, 0.5) is 0 Å². The first-order chi connectivity index (χ1) is 10.1. The van der Waals surface area contributed by atoms with Crippen LogP contribution in [-0.4, -0.2) is 33.8 Å². The molecule has 0 aliphatic heterocycles. The van der Waals surface area contributed by atoms with Gasteiger partial charge in [-0.1, -0.05) is 15.9 Å². The standard InChI is InChI=1S/C12H12BrN5O3/c1-7-11(16-18-14-7)12(20)17-15-10(19)6-21-9-4-2-8(13)3-5-9/h2-5H,6H2,1H3,(H,15,19)(H,17,20)(H,14,16,18). The van der Waals surface area contributed by atoms with Crippen molar-refractivity contribution < 1.29 is 14.3 Å². The Morgan fingerprint density at radius 1 is 1.24 bits per heavy atom. The number of hydrazine groups is 1. The van der Waals surface area contributed by atoms with E-state index < -0.39 is 11.8 Å². The SMILES string of the molecule is Cc1n[nH]nc1C(=O)NNC(=O)COc1ccc(Br)cc1. The van der Waals surface area contributed by atoms with Crippen molar-refractivity contribution in [3.05, 3.63) is 40.1 Å². The van der Waals surface area contributed by atoms with E-state index in [1.54, 1.807) is 31.2 Å². The van der Waals surface area contributed by atoms with Crippen molar-refractivity contribution in [1.29, 1.82) is 0 Å². The summed E-state index contributed by atoms with van der Waals surface area (Å²) in [4.78, 5) is 23.2.